The van der Waals surface area contributed by atoms with Crippen molar-refractivity contribution in [2.45, 2.75) is 51.6 Å². The molecule has 0 N–H and O–H groups in total. The summed E-state index contributed by atoms with van der Waals surface area (Å²) in [5.41, 5.74) is 6.76. The van der Waals surface area contributed by atoms with Crippen LogP contribution < -0.4 is 0 Å². The standard InChI is InChI=1S/C22H23NO3S/c1-14-8-10-17(11-9-14)27(25,26)23-12-19-15(2)18-6-4-5-7-21(24)22(18)16(3)20(19)13-23/h4,6,8-11H,5,7,12-13H2,1-3H3. The Balaban J connectivity index is 1.80. The average Bonchev–Trinajstić information content (AvgIpc) is 3.00. The van der Waals surface area contributed by atoms with E-state index >= 15 is 0 Å². The Bertz CT molecular complexity index is 1080. The summed E-state index contributed by atoms with van der Waals surface area (Å²) in [5, 5.41) is 0. The second-order valence-electron chi connectivity index (χ2n) is 7.45. The number of sulfonamides is 1. The molecule has 0 amide bonds. The highest BCUT2D eigenvalue weighted by molar-refractivity contribution is 7.89. The third kappa shape index (κ3) is 2.86. The van der Waals surface area contributed by atoms with E-state index in [1.54, 1.807) is 12.1 Å². The van der Waals surface area contributed by atoms with Gasteiger partial charge in [-0.1, -0.05) is 29.8 Å². The summed E-state index contributed by atoms with van der Waals surface area (Å²) in [6.07, 6.45) is 5.33. The van der Waals surface area contributed by atoms with E-state index in [2.05, 4.69) is 0 Å². The molecule has 0 radical (unpaired) electrons. The van der Waals surface area contributed by atoms with E-state index in [4.69, 9.17) is 0 Å². The highest BCUT2D eigenvalue weighted by Crippen LogP contribution is 2.38. The minimum absolute atomic E-state index is 0.151. The molecule has 0 unspecified atom stereocenters. The zero-order valence-corrected chi connectivity index (χ0v) is 16.7. The van der Waals surface area contributed by atoms with Crippen molar-refractivity contribution in [3.63, 3.8) is 0 Å². The van der Waals surface area contributed by atoms with Crippen molar-refractivity contribution in [3.8, 4) is 0 Å². The van der Waals surface area contributed by atoms with Gasteiger partial charge in [0, 0.05) is 25.1 Å². The number of fused-ring (bicyclic) bond motifs is 2. The topological polar surface area (TPSA) is 54.5 Å². The third-order valence-corrected chi connectivity index (χ3v) is 7.55. The minimum Gasteiger partial charge on any atom is -0.294 e. The van der Waals surface area contributed by atoms with Crippen LogP contribution in [0.3, 0.4) is 0 Å². The first-order valence-electron chi connectivity index (χ1n) is 9.22. The molecule has 4 nitrogen and oxygen atoms in total. The molecule has 1 aliphatic heterocycles. The second-order valence-corrected chi connectivity index (χ2v) is 9.38. The van der Waals surface area contributed by atoms with Gasteiger partial charge < -0.3 is 0 Å². The first kappa shape index (κ1) is 18.1. The van der Waals surface area contributed by atoms with Crippen LogP contribution in [-0.2, 0) is 23.1 Å². The van der Waals surface area contributed by atoms with Crippen LogP contribution in [0.5, 0.6) is 0 Å². The zero-order valence-electron chi connectivity index (χ0n) is 15.9. The SMILES string of the molecule is Cc1ccc(S(=O)(=O)N2Cc3c(C)c4c(c(C)c3C2)C(=O)CCC=C4)cc1. The summed E-state index contributed by atoms with van der Waals surface area (Å²) in [5.74, 6) is 0.151. The van der Waals surface area contributed by atoms with Gasteiger partial charge in [0.1, 0.15) is 0 Å². The van der Waals surface area contributed by atoms with Crippen molar-refractivity contribution in [1.82, 2.24) is 4.31 Å². The van der Waals surface area contributed by atoms with Crippen LogP contribution in [-0.4, -0.2) is 18.5 Å². The van der Waals surface area contributed by atoms with Gasteiger partial charge in [-0.15, -0.1) is 0 Å². The van der Waals surface area contributed by atoms with Crippen LogP contribution in [0.25, 0.3) is 6.08 Å². The van der Waals surface area contributed by atoms with Crippen LogP contribution >= 0.6 is 0 Å². The minimum atomic E-state index is -3.57. The number of aryl methyl sites for hydroxylation is 1. The number of Topliss-reactive ketones (excluding diaryl/α,β-unsaturated/α-hetero) is 1. The highest BCUT2D eigenvalue weighted by atomic mass is 32.2. The van der Waals surface area contributed by atoms with Gasteiger partial charge in [-0.2, -0.15) is 4.31 Å². The quantitative estimate of drug-likeness (QED) is 0.779. The molecule has 140 valence electrons. The first-order chi connectivity index (χ1) is 12.8. The molecule has 0 saturated carbocycles. The highest BCUT2D eigenvalue weighted by Gasteiger charge is 2.35. The predicted octanol–water partition coefficient (Wildman–Crippen LogP) is 4.31. The molecule has 0 saturated heterocycles. The lowest BCUT2D eigenvalue weighted by Gasteiger charge is -2.16. The summed E-state index contributed by atoms with van der Waals surface area (Å²) >= 11 is 0. The first-order valence-corrected chi connectivity index (χ1v) is 10.7. The van der Waals surface area contributed by atoms with E-state index in [1.165, 1.54) is 4.31 Å². The molecule has 1 aliphatic carbocycles. The van der Waals surface area contributed by atoms with Crippen molar-refractivity contribution in [2.75, 3.05) is 0 Å². The molecule has 0 atom stereocenters. The molecular formula is C22H23NO3S. The van der Waals surface area contributed by atoms with Crippen LogP contribution in [0.4, 0.5) is 0 Å². The van der Waals surface area contributed by atoms with E-state index in [9.17, 15) is 13.2 Å². The monoisotopic (exact) mass is 381 g/mol. The number of carbonyl (C=O) groups is 1. The summed E-state index contributed by atoms with van der Waals surface area (Å²) in [7, 11) is -3.57. The van der Waals surface area contributed by atoms with Crippen molar-refractivity contribution in [3.05, 3.63) is 69.3 Å². The molecule has 5 heteroatoms. The normalized spacial score (nSPS) is 16.9. The van der Waals surface area contributed by atoms with Gasteiger partial charge in [-0.25, -0.2) is 8.42 Å². The van der Waals surface area contributed by atoms with Gasteiger partial charge in [-0.05, 0) is 67.1 Å². The van der Waals surface area contributed by atoms with Gasteiger partial charge in [0.25, 0.3) is 0 Å². The van der Waals surface area contributed by atoms with Crippen molar-refractivity contribution in [1.29, 1.82) is 0 Å². The predicted molar refractivity (Wildman–Crippen MR) is 106 cm³/mol. The Labute approximate surface area is 160 Å². The van der Waals surface area contributed by atoms with Crippen molar-refractivity contribution >= 4 is 21.9 Å². The number of allylic oxidation sites excluding steroid dienone is 1. The van der Waals surface area contributed by atoms with Crippen LogP contribution in [0.15, 0.2) is 35.2 Å². The maximum Gasteiger partial charge on any atom is 0.243 e. The van der Waals surface area contributed by atoms with Gasteiger partial charge in [0.15, 0.2) is 5.78 Å². The van der Waals surface area contributed by atoms with Gasteiger partial charge in [0.05, 0.1) is 4.90 Å². The van der Waals surface area contributed by atoms with Gasteiger partial charge in [-0.3, -0.25) is 4.79 Å². The maximum absolute atomic E-state index is 13.1. The zero-order chi connectivity index (χ0) is 19.3. The Kier molecular flexibility index (Phi) is 4.32. The Morgan fingerprint density at radius 2 is 1.56 bits per heavy atom. The molecule has 27 heavy (non-hydrogen) atoms. The van der Waals surface area contributed by atoms with E-state index in [0.717, 1.165) is 45.4 Å². The van der Waals surface area contributed by atoms with Crippen molar-refractivity contribution < 1.29 is 13.2 Å². The fraction of sp³-hybridized carbons (Fsp3) is 0.318. The summed E-state index contributed by atoms with van der Waals surface area (Å²) in [4.78, 5) is 13.0. The smallest absolute Gasteiger partial charge is 0.243 e. The molecule has 0 spiro atoms. The lowest BCUT2D eigenvalue weighted by molar-refractivity contribution is 0.0983. The molecule has 0 aromatic heterocycles. The van der Waals surface area contributed by atoms with E-state index in [1.807, 2.05) is 45.1 Å². The Morgan fingerprint density at radius 3 is 2.22 bits per heavy atom. The number of carbonyl (C=O) groups excluding carboxylic acids is 1. The van der Waals surface area contributed by atoms with Crippen LogP contribution in [0, 0.1) is 20.8 Å². The molecule has 2 aromatic rings. The summed E-state index contributed by atoms with van der Waals surface area (Å²) < 4.78 is 27.8. The molecule has 2 aromatic carbocycles. The fourth-order valence-corrected chi connectivity index (χ4v) is 5.51. The second kappa shape index (κ2) is 6.43. The molecule has 0 fully saturated rings. The lowest BCUT2D eigenvalue weighted by atomic mass is 9.87. The van der Waals surface area contributed by atoms with E-state index in [0.29, 0.717) is 24.4 Å². The number of hydrogen-bond donors (Lipinski definition) is 0. The number of benzene rings is 2. The van der Waals surface area contributed by atoms with Gasteiger partial charge >= 0.3 is 0 Å². The molecule has 4 rings (SSSR count). The fourth-order valence-electron chi connectivity index (χ4n) is 4.13. The molecule has 2 aliphatic rings. The van der Waals surface area contributed by atoms with Crippen LogP contribution in [0.1, 0.15) is 56.6 Å². The number of ketones is 1. The van der Waals surface area contributed by atoms with E-state index < -0.39 is 10.0 Å². The van der Waals surface area contributed by atoms with Crippen molar-refractivity contribution in [2.24, 2.45) is 0 Å². The lowest BCUT2D eigenvalue weighted by Crippen LogP contribution is -2.25. The largest absolute Gasteiger partial charge is 0.294 e. The number of hydrogen-bond acceptors (Lipinski definition) is 3. The number of rotatable bonds is 2. The molecule has 1 heterocycles. The van der Waals surface area contributed by atoms with E-state index in [-0.39, 0.29) is 5.78 Å². The Morgan fingerprint density at radius 1 is 0.926 bits per heavy atom. The van der Waals surface area contributed by atoms with Crippen LogP contribution in [0.2, 0.25) is 0 Å². The third-order valence-electron chi connectivity index (χ3n) is 5.75. The molecule has 0 bridgehead atoms. The molecular weight excluding hydrogens is 358 g/mol. The Hall–Kier alpha value is -2.24. The maximum atomic E-state index is 13.1. The summed E-state index contributed by atoms with van der Waals surface area (Å²) in [6.45, 7) is 6.57. The van der Waals surface area contributed by atoms with Gasteiger partial charge in [0.2, 0.25) is 10.0 Å². The summed E-state index contributed by atoms with van der Waals surface area (Å²) in [6, 6.07) is 6.96. The average molecular weight is 381 g/mol. The number of nitrogens with zero attached hydrogens (tertiary/aromatic N) is 1.